The number of rotatable bonds is 4. The Morgan fingerprint density at radius 1 is 1.22 bits per heavy atom. The predicted molar refractivity (Wildman–Crippen MR) is 79.7 cm³/mol. The second kappa shape index (κ2) is 4.47. The normalized spacial score (nSPS) is 18.2. The molecule has 0 spiro atoms. The van der Waals surface area contributed by atoms with Gasteiger partial charge in [-0.15, -0.1) is 11.3 Å². The lowest BCUT2D eigenvalue weighted by Gasteiger charge is -2.13. The predicted octanol–water partition coefficient (Wildman–Crippen LogP) is 3.89. The average Bonchev–Trinajstić information content (AvgIpc) is 3.10. The lowest BCUT2D eigenvalue weighted by Crippen LogP contribution is -2.06. The fraction of sp³-hybridized carbons (Fsp3) is 0.467. The molecule has 3 rings (SSSR count). The summed E-state index contributed by atoms with van der Waals surface area (Å²) in [5, 5.41) is 4.67. The topological polar surface area (TPSA) is 38.0 Å². The molecule has 1 fully saturated rings. The highest BCUT2D eigenvalue weighted by atomic mass is 32.1. The minimum atomic E-state index is 0.669. The van der Waals surface area contributed by atoms with Crippen LogP contribution < -0.4 is 11.1 Å². The van der Waals surface area contributed by atoms with Crippen molar-refractivity contribution in [2.75, 3.05) is 5.32 Å². The first kappa shape index (κ1) is 11.8. The van der Waals surface area contributed by atoms with Crippen LogP contribution in [0.25, 0.3) is 5.70 Å². The van der Waals surface area contributed by atoms with Gasteiger partial charge >= 0.3 is 0 Å². The van der Waals surface area contributed by atoms with Crippen molar-refractivity contribution in [3.63, 3.8) is 0 Å². The Hall–Kier alpha value is -1.22. The highest BCUT2D eigenvalue weighted by Gasteiger charge is 2.27. The number of anilines is 1. The first-order valence-corrected chi connectivity index (χ1v) is 7.53. The van der Waals surface area contributed by atoms with Crippen LogP contribution in [0.1, 0.15) is 41.7 Å². The van der Waals surface area contributed by atoms with Crippen LogP contribution >= 0.6 is 11.3 Å². The average molecular weight is 260 g/mol. The molecule has 96 valence electrons. The molecule has 2 aliphatic carbocycles. The molecular formula is C15H20N2S. The molecule has 1 aromatic rings. The van der Waals surface area contributed by atoms with Crippen LogP contribution in [0.4, 0.5) is 5.00 Å². The van der Waals surface area contributed by atoms with Crippen LogP contribution in [-0.2, 0) is 12.8 Å². The van der Waals surface area contributed by atoms with E-state index in [1.807, 2.05) is 11.3 Å². The second-order valence-electron chi connectivity index (χ2n) is 5.36. The molecule has 0 aliphatic heterocycles. The van der Waals surface area contributed by atoms with E-state index in [4.69, 9.17) is 5.73 Å². The molecule has 0 atom stereocenters. The largest absolute Gasteiger partial charge is 0.399 e. The van der Waals surface area contributed by atoms with E-state index >= 15 is 0 Å². The van der Waals surface area contributed by atoms with Crippen LogP contribution in [0.5, 0.6) is 0 Å². The van der Waals surface area contributed by atoms with Crippen LogP contribution in [0.15, 0.2) is 18.9 Å². The fourth-order valence-electron chi connectivity index (χ4n) is 2.67. The van der Waals surface area contributed by atoms with Crippen LogP contribution in [0.2, 0.25) is 0 Å². The number of fused-ring (bicyclic) bond motifs is 1. The third-order valence-corrected chi connectivity index (χ3v) is 5.04. The minimum absolute atomic E-state index is 0.669. The number of hydrogen-bond acceptors (Lipinski definition) is 3. The standard InChI is InChI=1S/C15H20N2S/c1-9(16)14-12-5-3-4-6-13(12)18-15(14)17-10(2)11-7-8-11/h11,17H,1-8,16H2. The van der Waals surface area contributed by atoms with E-state index in [2.05, 4.69) is 18.5 Å². The summed E-state index contributed by atoms with van der Waals surface area (Å²) in [6.07, 6.45) is 7.46. The molecule has 0 saturated heterocycles. The van der Waals surface area contributed by atoms with E-state index in [1.54, 1.807) is 0 Å². The van der Waals surface area contributed by atoms with Crippen molar-refractivity contribution in [2.24, 2.45) is 11.7 Å². The molecule has 3 N–H and O–H groups in total. The van der Waals surface area contributed by atoms with E-state index < -0.39 is 0 Å². The summed E-state index contributed by atoms with van der Waals surface area (Å²) in [6.45, 7) is 8.09. The van der Waals surface area contributed by atoms with Crippen molar-refractivity contribution >= 4 is 22.0 Å². The second-order valence-corrected chi connectivity index (χ2v) is 6.47. The van der Waals surface area contributed by atoms with Gasteiger partial charge in [-0.05, 0) is 50.0 Å². The zero-order valence-electron chi connectivity index (χ0n) is 10.7. The first-order valence-electron chi connectivity index (χ1n) is 6.72. The van der Waals surface area contributed by atoms with Crippen molar-refractivity contribution in [3.8, 4) is 0 Å². The van der Waals surface area contributed by atoms with Crippen LogP contribution in [0.3, 0.4) is 0 Å². The molecule has 2 nitrogen and oxygen atoms in total. The van der Waals surface area contributed by atoms with E-state index in [0.29, 0.717) is 11.6 Å². The Bertz CT molecular complexity index is 509. The van der Waals surface area contributed by atoms with Gasteiger partial charge in [0.15, 0.2) is 0 Å². The Labute approximate surface area is 113 Å². The Balaban J connectivity index is 1.94. The summed E-state index contributed by atoms with van der Waals surface area (Å²) in [4.78, 5) is 1.49. The molecule has 0 aromatic carbocycles. The summed E-state index contributed by atoms with van der Waals surface area (Å²) < 4.78 is 0. The van der Waals surface area contributed by atoms with E-state index in [1.165, 1.54) is 47.5 Å². The quantitative estimate of drug-likeness (QED) is 0.862. The SMILES string of the molecule is C=C(N)c1c(NC(=C)C2CC2)sc2c1CCCC2. The molecule has 2 aliphatic rings. The number of nitrogens with two attached hydrogens (primary N) is 1. The zero-order valence-corrected chi connectivity index (χ0v) is 11.5. The molecule has 1 aromatic heterocycles. The number of aryl methyl sites for hydroxylation is 1. The number of nitrogens with one attached hydrogen (secondary N) is 1. The Kier molecular flexibility index (Phi) is 2.94. The Morgan fingerprint density at radius 2 is 1.94 bits per heavy atom. The Morgan fingerprint density at radius 3 is 2.61 bits per heavy atom. The summed E-state index contributed by atoms with van der Waals surface area (Å²) in [7, 11) is 0. The number of thiophene rings is 1. The lowest BCUT2D eigenvalue weighted by atomic mass is 9.94. The van der Waals surface area contributed by atoms with Gasteiger partial charge in [-0.3, -0.25) is 0 Å². The minimum Gasteiger partial charge on any atom is -0.399 e. The van der Waals surface area contributed by atoms with Gasteiger partial charge in [0.05, 0.1) is 0 Å². The first-order chi connectivity index (χ1) is 8.66. The molecule has 3 heteroatoms. The molecular weight excluding hydrogens is 240 g/mol. The van der Waals surface area contributed by atoms with Crippen molar-refractivity contribution in [2.45, 2.75) is 38.5 Å². The highest BCUT2D eigenvalue weighted by Crippen LogP contribution is 2.43. The van der Waals surface area contributed by atoms with Gasteiger partial charge < -0.3 is 11.1 Å². The van der Waals surface area contributed by atoms with Crippen molar-refractivity contribution in [1.29, 1.82) is 0 Å². The van der Waals surface area contributed by atoms with Crippen LogP contribution in [-0.4, -0.2) is 0 Å². The van der Waals surface area contributed by atoms with Gasteiger partial charge in [-0.2, -0.15) is 0 Å². The highest BCUT2D eigenvalue weighted by molar-refractivity contribution is 7.16. The summed E-state index contributed by atoms with van der Waals surface area (Å²) in [5.74, 6) is 0.669. The van der Waals surface area contributed by atoms with Gasteiger partial charge in [0.25, 0.3) is 0 Å². The maximum atomic E-state index is 5.99. The fourth-order valence-corrected chi connectivity index (χ4v) is 4.03. The van der Waals surface area contributed by atoms with Gasteiger partial charge in [0.2, 0.25) is 0 Å². The molecule has 18 heavy (non-hydrogen) atoms. The molecule has 0 radical (unpaired) electrons. The molecule has 0 amide bonds. The third-order valence-electron chi connectivity index (χ3n) is 3.84. The summed E-state index contributed by atoms with van der Waals surface area (Å²) >= 11 is 1.85. The van der Waals surface area contributed by atoms with Gasteiger partial charge in [0, 0.05) is 21.8 Å². The molecule has 0 bridgehead atoms. The lowest BCUT2D eigenvalue weighted by molar-refractivity contribution is 0.696. The molecule has 0 unspecified atom stereocenters. The monoisotopic (exact) mass is 260 g/mol. The maximum absolute atomic E-state index is 5.99. The zero-order chi connectivity index (χ0) is 12.7. The number of allylic oxidation sites excluding steroid dienone is 1. The van der Waals surface area contributed by atoms with Gasteiger partial charge in [-0.25, -0.2) is 0 Å². The maximum Gasteiger partial charge on any atom is 0.102 e. The third kappa shape index (κ3) is 2.07. The summed E-state index contributed by atoms with van der Waals surface area (Å²) in [6, 6.07) is 0. The molecule has 1 saturated carbocycles. The van der Waals surface area contributed by atoms with E-state index in [9.17, 15) is 0 Å². The smallest absolute Gasteiger partial charge is 0.102 e. The van der Waals surface area contributed by atoms with Crippen molar-refractivity contribution in [3.05, 3.63) is 34.9 Å². The summed E-state index contributed by atoms with van der Waals surface area (Å²) in [5.41, 5.74) is 10.4. The van der Waals surface area contributed by atoms with Crippen LogP contribution in [0, 0.1) is 5.92 Å². The van der Waals surface area contributed by atoms with Gasteiger partial charge in [0.1, 0.15) is 5.00 Å². The molecule has 1 heterocycles. The van der Waals surface area contributed by atoms with E-state index in [-0.39, 0.29) is 0 Å². The van der Waals surface area contributed by atoms with Gasteiger partial charge in [-0.1, -0.05) is 13.2 Å². The number of hydrogen-bond donors (Lipinski definition) is 2. The van der Waals surface area contributed by atoms with Crippen molar-refractivity contribution in [1.82, 2.24) is 0 Å². The van der Waals surface area contributed by atoms with E-state index in [0.717, 1.165) is 17.7 Å². The van der Waals surface area contributed by atoms with Crippen molar-refractivity contribution < 1.29 is 0 Å².